The van der Waals surface area contributed by atoms with Crippen LogP contribution in [0, 0.1) is 11.8 Å². The fraction of sp³-hybridized carbons (Fsp3) is 0.700. The van der Waals surface area contributed by atoms with E-state index in [1.165, 1.54) is 57.2 Å². The maximum atomic E-state index is 4.36. The molecule has 1 nitrogen and oxygen atoms in total. The summed E-state index contributed by atoms with van der Waals surface area (Å²) < 4.78 is 0. The van der Waals surface area contributed by atoms with E-state index in [0.29, 0.717) is 0 Å². The molecule has 0 aliphatic heterocycles. The van der Waals surface area contributed by atoms with Crippen LogP contribution >= 0.6 is 0 Å². The fourth-order valence-corrected chi connectivity index (χ4v) is 3.18. The SMILES string of the molecule is C=C(C1CC1)N(C/C=C(\C)C1CC=C(C)CC1)CCCC. The monoisotopic (exact) mass is 287 g/mol. The van der Waals surface area contributed by atoms with Crippen molar-refractivity contribution in [2.45, 2.75) is 65.7 Å². The van der Waals surface area contributed by atoms with Gasteiger partial charge in [0.1, 0.15) is 0 Å². The standard InChI is InChI=1S/C20H33N/c1-5-6-14-21(18(4)20-11-12-20)15-13-17(3)19-9-7-16(2)8-10-19/h7,13,19-20H,4-6,8-12,14-15H2,1-3H3/b17-13+. The molecule has 21 heavy (non-hydrogen) atoms. The van der Waals surface area contributed by atoms with Crippen LogP contribution in [0.15, 0.2) is 35.6 Å². The fourth-order valence-electron chi connectivity index (χ4n) is 3.18. The lowest BCUT2D eigenvalue weighted by Gasteiger charge is -2.27. The molecule has 1 atom stereocenters. The lowest BCUT2D eigenvalue weighted by Crippen LogP contribution is -2.25. The van der Waals surface area contributed by atoms with Crippen LogP contribution in [0.4, 0.5) is 0 Å². The van der Waals surface area contributed by atoms with E-state index in [1.807, 2.05) is 0 Å². The minimum atomic E-state index is 0.774. The Kier molecular flexibility index (Phi) is 6.14. The number of hydrogen-bond donors (Lipinski definition) is 0. The molecule has 118 valence electrons. The summed E-state index contributed by atoms with van der Waals surface area (Å²) in [6.45, 7) is 13.5. The van der Waals surface area contributed by atoms with Crippen molar-refractivity contribution < 1.29 is 0 Å². The number of allylic oxidation sites excluding steroid dienone is 4. The number of hydrogen-bond acceptors (Lipinski definition) is 1. The van der Waals surface area contributed by atoms with Crippen LogP contribution < -0.4 is 0 Å². The molecule has 0 amide bonds. The van der Waals surface area contributed by atoms with Gasteiger partial charge in [-0.25, -0.2) is 0 Å². The van der Waals surface area contributed by atoms with Crippen molar-refractivity contribution in [3.63, 3.8) is 0 Å². The Morgan fingerprint density at radius 1 is 1.33 bits per heavy atom. The Morgan fingerprint density at radius 2 is 2.10 bits per heavy atom. The van der Waals surface area contributed by atoms with Gasteiger partial charge < -0.3 is 4.90 Å². The second kappa shape index (κ2) is 7.87. The molecule has 0 N–H and O–H groups in total. The molecule has 0 aromatic carbocycles. The molecule has 1 unspecified atom stereocenters. The van der Waals surface area contributed by atoms with Crippen LogP contribution in [0.1, 0.15) is 65.7 Å². The first-order valence-corrected chi connectivity index (χ1v) is 8.87. The van der Waals surface area contributed by atoms with Crippen molar-refractivity contribution in [2.24, 2.45) is 11.8 Å². The minimum Gasteiger partial charge on any atom is -0.371 e. The quantitative estimate of drug-likeness (QED) is 0.517. The number of rotatable bonds is 8. The molecule has 2 rings (SSSR count). The van der Waals surface area contributed by atoms with E-state index in [-0.39, 0.29) is 0 Å². The summed E-state index contributed by atoms with van der Waals surface area (Å²) in [7, 11) is 0. The summed E-state index contributed by atoms with van der Waals surface area (Å²) in [4.78, 5) is 2.54. The van der Waals surface area contributed by atoms with Gasteiger partial charge in [0, 0.05) is 18.8 Å². The molecule has 2 aliphatic rings. The van der Waals surface area contributed by atoms with Crippen LogP contribution in [-0.4, -0.2) is 18.0 Å². The van der Waals surface area contributed by atoms with Gasteiger partial charge in [0.25, 0.3) is 0 Å². The van der Waals surface area contributed by atoms with Crippen molar-refractivity contribution in [3.05, 3.63) is 35.6 Å². The van der Waals surface area contributed by atoms with Crippen LogP contribution in [0.5, 0.6) is 0 Å². The molecule has 0 aromatic heterocycles. The van der Waals surface area contributed by atoms with Gasteiger partial charge in [0.15, 0.2) is 0 Å². The minimum absolute atomic E-state index is 0.774. The van der Waals surface area contributed by atoms with Gasteiger partial charge in [-0.2, -0.15) is 0 Å². The zero-order chi connectivity index (χ0) is 15.2. The predicted octanol–water partition coefficient (Wildman–Crippen LogP) is 5.70. The van der Waals surface area contributed by atoms with E-state index in [9.17, 15) is 0 Å². The van der Waals surface area contributed by atoms with Crippen LogP contribution in [0.25, 0.3) is 0 Å². The Morgan fingerprint density at radius 3 is 2.67 bits per heavy atom. The first kappa shape index (κ1) is 16.4. The second-order valence-electron chi connectivity index (χ2n) is 7.04. The average Bonchev–Trinajstić information content (AvgIpc) is 3.32. The van der Waals surface area contributed by atoms with E-state index in [4.69, 9.17) is 0 Å². The molecular weight excluding hydrogens is 254 g/mol. The highest BCUT2D eigenvalue weighted by Gasteiger charge is 2.27. The average molecular weight is 287 g/mol. The summed E-state index contributed by atoms with van der Waals surface area (Å²) in [6.07, 6.45) is 14.0. The van der Waals surface area contributed by atoms with E-state index in [2.05, 4.69) is 44.4 Å². The molecule has 1 heteroatoms. The normalized spacial score (nSPS) is 22.9. The third-order valence-electron chi connectivity index (χ3n) is 5.15. The molecule has 0 bridgehead atoms. The zero-order valence-corrected chi connectivity index (χ0v) is 14.3. The smallest absolute Gasteiger partial charge is 0.0359 e. The third-order valence-corrected chi connectivity index (χ3v) is 5.15. The van der Waals surface area contributed by atoms with Crippen molar-refractivity contribution in [1.82, 2.24) is 4.90 Å². The maximum Gasteiger partial charge on any atom is 0.0359 e. The van der Waals surface area contributed by atoms with Gasteiger partial charge in [-0.1, -0.05) is 43.2 Å². The Labute approximate surface area is 131 Å². The Balaban J connectivity index is 1.89. The van der Waals surface area contributed by atoms with E-state index in [0.717, 1.165) is 18.4 Å². The van der Waals surface area contributed by atoms with Crippen molar-refractivity contribution >= 4 is 0 Å². The van der Waals surface area contributed by atoms with E-state index in [1.54, 1.807) is 11.1 Å². The number of nitrogens with zero attached hydrogens (tertiary/aromatic N) is 1. The van der Waals surface area contributed by atoms with Crippen molar-refractivity contribution in [2.75, 3.05) is 13.1 Å². The topological polar surface area (TPSA) is 3.24 Å². The van der Waals surface area contributed by atoms with Crippen LogP contribution in [-0.2, 0) is 0 Å². The molecule has 0 aromatic rings. The molecule has 0 radical (unpaired) electrons. The van der Waals surface area contributed by atoms with Gasteiger partial charge in [0.2, 0.25) is 0 Å². The summed E-state index contributed by atoms with van der Waals surface area (Å²) in [6, 6.07) is 0. The lowest BCUT2D eigenvalue weighted by atomic mass is 9.85. The molecule has 1 fully saturated rings. The van der Waals surface area contributed by atoms with E-state index < -0.39 is 0 Å². The van der Waals surface area contributed by atoms with Crippen LogP contribution in [0.2, 0.25) is 0 Å². The molecular formula is C20H33N. The largest absolute Gasteiger partial charge is 0.371 e. The highest BCUT2D eigenvalue weighted by atomic mass is 15.1. The highest BCUT2D eigenvalue weighted by molar-refractivity contribution is 5.15. The van der Waals surface area contributed by atoms with Crippen LogP contribution in [0.3, 0.4) is 0 Å². The molecule has 0 saturated heterocycles. The molecule has 0 spiro atoms. The third kappa shape index (κ3) is 5.05. The first-order valence-electron chi connectivity index (χ1n) is 8.87. The molecule has 2 aliphatic carbocycles. The number of unbranched alkanes of at least 4 members (excludes halogenated alkanes) is 1. The summed E-state index contributed by atoms with van der Waals surface area (Å²) in [5.74, 6) is 1.56. The van der Waals surface area contributed by atoms with E-state index >= 15 is 0 Å². The predicted molar refractivity (Wildman–Crippen MR) is 93.2 cm³/mol. The Bertz CT molecular complexity index is 412. The van der Waals surface area contributed by atoms with Gasteiger partial charge in [-0.05, 0) is 64.2 Å². The molecule has 0 heterocycles. The second-order valence-corrected chi connectivity index (χ2v) is 7.04. The summed E-state index contributed by atoms with van der Waals surface area (Å²) >= 11 is 0. The van der Waals surface area contributed by atoms with Crippen molar-refractivity contribution in [1.29, 1.82) is 0 Å². The van der Waals surface area contributed by atoms with Gasteiger partial charge in [-0.15, -0.1) is 0 Å². The Hall–Kier alpha value is -0.980. The van der Waals surface area contributed by atoms with Gasteiger partial charge >= 0.3 is 0 Å². The van der Waals surface area contributed by atoms with Crippen molar-refractivity contribution in [3.8, 4) is 0 Å². The first-order chi connectivity index (χ1) is 10.1. The lowest BCUT2D eigenvalue weighted by molar-refractivity contribution is 0.352. The highest BCUT2D eigenvalue weighted by Crippen LogP contribution is 2.37. The van der Waals surface area contributed by atoms with Gasteiger partial charge in [-0.3, -0.25) is 0 Å². The van der Waals surface area contributed by atoms with Gasteiger partial charge in [0.05, 0.1) is 0 Å². The zero-order valence-electron chi connectivity index (χ0n) is 14.3. The summed E-state index contributed by atoms with van der Waals surface area (Å²) in [5, 5.41) is 0. The molecule has 1 saturated carbocycles. The summed E-state index contributed by atoms with van der Waals surface area (Å²) in [5.41, 5.74) is 4.56. The maximum absolute atomic E-state index is 4.36.